The van der Waals surface area contributed by atoms with Gasteiger partial charge in [-0.1, -0.05) is 11.6 Å². The minimum Gasteiger partial charge on any atom is -0.486 e. The summed E-state index contributed by atoms with van der Waals surface area (Å²) < 4.78 is 10.8. The molecule has 1 aliphatic heterocycles. The second-order valence-corrected chi connectivity index (χ2v) is 3.65. The van der Waals surface area contributed by atoms with Gasteiger partial charge in [0, 0.05) is 5.56 Å². The van der Waals surface area contributed by atoms with Crippen LogP contribution in [0.15, 0.2) is 6.07 Å². The van der Waals surface area contributed by atoms with Crippen LogP contribution in [-0.2, 0) is 6.42 Å². The summed E-state index contributed by atoms with van der Waals surface area (Å²) >= 11 is 5.93. The number of fused-ring (bicyclic) bond motifs is 1. The number of nitrogens with zero attached hydrogens (tertiary/aromatic N) is 1. The number of rotatable bonds is 2. The van der Waals surface area contributed by atoms with Crippen LogP contribution in [0.5, 0.6) is 11.5 Å². The number of halogens is 1. The van der Waals surface area contributed by atoms with Crippen LogP contribution >= 0.6 is 11.6 Å². The summed E-state index contributed by atoms with van der Waals surface area (Å²) in [4.78, 5) is 10.9. The Morgan fingerprint density at radius 2 is 2.12 bits per heavy atom. The summed E-state index contributed by atoms with van der Waals surface area (Å²) in [5, 5.41) is 8.96. The molecule has 0 N–H and O–H groups in total. The first-order chi connectivity index (χ1) is 7.77. The Kier molecular flexibility index (Phi) is 2.97. The summed E-state index contributed by atoms with van der Waals surface area (Å²) in [5.41, 5.74) is 0.922. The predicted molar refractivity (Wildman–Crippen MR) is 57.1 cm³/mol. The lowest BCUT2D eigenvalue weighted by Gasteiger charge is -2.22. The molecule has 0 fully saturated rings. The monoisotopic (exact) mass is 237 g/mol. The number of carbonyl (C=O) groups is 1. The van der Waals surface area contributed by atoms with Gasteiger partial charge < -0.3 is 9.47 Å². The van der Waals surface area contributed by atoms with Gasteiger partial charge in [0.2, 0.25) is 0 Å². The molecule has 1 heterocycles. The predicted octanol–water partition coefficient (Wildman–Crippen LogP) is 1.99. The molecule has 16 heavy (non-hydrogen) atoms. The van der Waals surface area contributed by atoms with Crippen molar-refractivity contribution >= 4 is 17.9 Å². The number of ether oxygens (including phenoxy) is 2. The molecular formula is C11H8ClNO3. The number of nitriles is 1. The highest BCUT2D eigenvalue weighted by Gasteiger charge is 2.22. The quantitative estimate of drug-likeness (QED) is 0.738. The van der Waals surface area contributed by atoms with E-state index in [2.05, 4.69) is 0 Å². The molecule has 1 aliphatic rings. The summed E-state index contributed by atoms with van der Waals surface area (Å²) in [5.74, 6) is 0.804. The van der Waals surface area contributed by atoms with Crippen molar-refractivity contribution in [1.29, 1.82) is 5.26 Å². The zero-order valence-corrected chi connectivity index (χ0v) is 9.08. The van der Waals surface area contributed by atoms with Crippen molar-refractivity contribution in [2.75, 3.05) is 13.2 Å². The first-order valence-electron chi connectivity index (χ1n) is 4.71. The van der Waals surface area contributed by atoms with Crippen LogP contribution in [0.25, 0.3) is 0 Å². The topological polar surface area (TPSA) is 59.3 Å². The Balaban J connectivity index is 2.62. The van der Waals surface area contributed by atoms with Crippen LogP contribution in [0.1, 0.15) is 15.9 Å². The van der Waals surface area contributed by atoms with Gasteiger partial charge in [-0.25, -0.2) is 0 Å². The van der Waals surface area contributed by atoms with Crippen LogP contribution in [0, 0.1) is 11.3 Å². The summed E-state index contributed by atoms with van der Waals surface area (Å²) in [6.07, 6.45) is 0.802. The van der Waals surface area contributed by atoms with E-state index in [-0.39, 0.29) is 17.0 Å². The van der Waals surface area contributed by atoms with Gasteiger partial charge in [0.1, 0.15) is 13.2 Å². The molecule has 0 saturated carbocycles. The van der Waals surface area contributed by atoms with E-state index in [4.69, 9.17) is 26.3 Å². The molecule has 82 valence electrons. The Bertz CT molecular complexity index is 479. The van der Waals surface area contributed by atoms with Gasteiger partial charge in [-0.05, 0) is 6.07 Å². The van der Waals surface area contributed by atoms with E-state index in [1.165, 1.54) is 0 Å². The van der Waals surface area contributed by atoms with Crippen molar-refractivity contribution in [1.82, 2.24) is 0 Å². The third kappa shape index (κ3) is 1.70. The molecule has 0 aliphatic carbocycles. The van der Waals surface area contributed by atoms with Crippen LogP contribution in [0.2, 0.25) is 5.02 Å². The zero-order valence-electron chi connectivity index (χ0n) is 8.33. The third-order valence-electron chi connectivity index (χ3n) is 2.26. The highest BCUT2D eigenvalue weighted by atomic mass is 35.5. The van der Waals surface area contributed by atoms with Crippen molar-refractivity contribution in [3.8, 4) is 17.6 Å². The summed E-state index contributed by atoms with van der Waals surface area (Å²) in [6.45, 7) is 0.783. The number of hydrogen-bond acceptors (Lipinski definition) is 4. The number of carbonyl (C=O) groups excluding carboxylic acids is 1. The van der Waals surface area contributed by atoms with Crippen molar-refractivity contribution in [3.63, 3.8) is 0 Å². The minimum atomic E-state index is 0.171. The first-order valence-corrected chi connectivity index (χ1v) is 5.08. The number of benzene rings is 1. The molecule has 0 aromatic heterocycles. The summed E-state index contributed by atoms with van der Waals surface area (Å²) in [6, 6.07) is 3.59. The largest absolute Gasteiger partial charge is 0.486 e. The zero-order chi connectivity index (χ0) is 11.5. The fourth-order valence-electron chi connectivity index (χ4n) is 1.59. The maximum absolute atomic E-state index is 10.9. The standard InChI is InChI=1S/C11H8ClNO3/c12-9-5-7(1-2-13)10-11(8(9)6-14)16-4-3-15-10/h5-6H,1,3-4H2. The van der Waals surface area contributed by atoms with E-state index in [1.54, 1.807) is 6.07 Å². The summed E-state index contributed by atoms with van der Waals surface area (Å²) in [7, 11) is 0. The van der Waals surface area contributed by atoms with Gasteiger partial charge in [0.25, 0.3) is 0 Å². The van der Waals surface area contributed by atoms with Gasteiger partial charge in [0.05, 0.1) is 23.1 Å². The molecule has 0 unspecified atom stereocenters. The molecule has 2 rings (SSSR count). The maximum Gasteiger partial charge on any atom is 0.173 e. The second kappa shape index (κ2) is 4.42. The molecule has 0 bridgehead atoms. The molecule has 0 saturated heterocycles. The molecule has 1 aromatic carbocycles. The third-order valence-corrected chi connectivity index (χ3v) is 2.58. The van der Waals surface area contributed by atoms with E-state index in [0.717, 1.165) is 0 Å². The van der Waals surface area contributed by atoms with Crippen LogP contribution in [-0.4, -0.2) is 19.5 Å². The van der Waals surface area contributed by atoms with E-state index in [1.807, 2.05) is 6.07 Å². The molecule has 1 aromatic rings. The van der Waals surface area contributed by atoms with Crippen molar-refractivity contribution < 1.29 is 14.3 Å². The molecular weight excluding hydrogens is 230 g/mol. The Labute approximate surface area is 97.3 Å². The number of hydrogen-bond donors (Lipinski definition) is 0. The highest BCUT2D eigenvalue weighted by Crippen LogP contribution is 2.40. The highest BCUT2D eigenvalue weighted by molar-refractivity contribution is 6.33. The van der Waals surface area contributed by atoms with Gasteiger partial charge in [-0.15, -0.1) is 0 Å². The van der Waals surface area contributed by atoms with Crippen molar-refractivity contribution in [3.05, 3.63) is 22.2 Å². The molecule has 4 nitrogen and oxygen atoms in total. The smallest absolute Gasteiger partial charge is 0.173 e. The van der Waals surface area contributed by atoms with Crippen LogP contribution in [0.3, 0.4) is 0 Å². The Hall–Kier alpha value is -1.73. The molecule has 0 spiro atoms. The van der Waals surface area contributed by atoms with Crippen molar-refractivity contribution in [2.45, 2.75) is 6.42 Å². The second-order valence-electron chi connectivity index (χ2n) is 3.24. The molecule has 0 radical (unpaired) electrons. The maximum atomic E-state index is 10.9. The normalized spacial score (nSPS) is 13.0. The Morgan fingerprint density at radius 3 is 2.75 bits per heavy atom. The fourth-order valence-corrected chi connectivity index (χ4v) is 1.85. The van der Waals surface area contributed by atoms with Crippen molar-refractivity contribution in [2.24, 2.45) is 0 Å². The fraction of sp³-hybridized carbons (Fsp3) is 0.273. The number of aldehydes is 1. The lowest BCUT2D eigenvalue weighted by atomic mass is 10.1. The van der Waals surface area contributed by atoms with Gasteiger partial charge in [-0.2, -0.15) is 5.26 Å². The average molecular weight is 238 g/mol. The Morgan fingerprint density at radius 1 is 1.44 bits per heavy atom. The first kappa shape index (κ1) is 10.8. The molecule has 5 heteroatoms. The van der Waals surface area contributed by atoms with Gasteiger partial charge >= 0.3 is 0 Å². The van der Waals surface area contributed by atoms with E-state index in [9.17, 15) is 4.79 Å². The van der Waals surface area contributed by atoms with E-state index < -0.39 is 0 Å². The SMILES string of the molecule is N#CCc1cc(Cl)c(C=O)c2c1OCCO2. The van der Waals surface area contributed by atoms with E-state index >= 15 is 0 Å². The molecule has 0 amide bonds. The van der Waals surface area contributed by atoms with Gasteiger partial charge in [-0.3, -0.25) is 4.79 Å². The van der Waals surface area contributed by atoms with E-state index in [0.29, 0.717) is 36.6 Å². The van der Waals surface area contributed by atoms with Crippen LogP contribution < -0.4 is 9.47 Å². The van der Waals surface area contributed by atoms with Crippen LogP contribution in [0.4, 0.5) is 0 Å². The minimum absolute atomic E-state index is 0.171. The van der Waals surface area contributed by atoms with Gasteiger partial charge in [0.15, 0.2) is 17.8 Å². The average Bonchev–Trinajstić information content (AvgIpc) is 2.30. The molecule has 0 atom stereocenters. The lowest BCUT2D eigenvalue weighted by molar-refractivity contribution is 0.111. The lowest BCUT2D eigenvalue weighted by Crippen LogP contribution is -2.18.